The Morgan fingerprint density at radius 3 is 2.45 bits per heavy atom. The van der Waals surface area contributed by atoms with Crippen molar-refractivity contribution in [3.05, 3.63) is 63.8 Å². The summed E-state index contributed by atoms with van der Waals surface area (Å²) in [6.07, 6.45) is 0.154. The Labute approximate surface area is 125 Å². The summed E-state index contributed by atoms with van der Waals surface area (Å²) in [7, 11) is 0. The first-order valence-corrected chi connectivity index (χ1v) is 6.78. The van der Waals surface area contributed by atoms with Crippen LogP contribution in [0.4, 0.5) is 10.1 Å². The molecule has 6 heteroatoms. The number of H-pyrrole nitrogens is 2. The Morgan fingerprint density at radius 2 is 1.77 bits per heavy atom. The molecule has 1 heterocycles. The van der Waals surface area contributed by atoms with Gasteiger partial charge in [-0.3, -0.25) is 4.79 Å². The Balaban J connectivity index is 1.79. The Hall–Kier alpha value is -2.89. The fourth-order valence-corrected chi connectivity index (χ4v) is 2.31. The molecule has 112 valence electrons. The van der Waals surface area contributed by atoms with Crippen LogP contribution in [0.25, 0.3) is 11.0 Å². The number of aromatic amines is 2. The van der Waals surface area contributed by atoms with Crippen molar-refractivity contribution in [3.8, 4) is 0 Å². The van der Waals surface area contributed by atoms with E-state index in [1.807, 2.05) is 6.92 Å². The van der Waals surface area contributed by atoms with Gasteiger partial charge >= 0.3 is 5.69 Å². The number of fused-ring (bicyclic) bond motifs is 1. The van der Waals surface area contributed by atoms with Crippen LogP contribution >= 0.6 is 0 Å². The molecule has 0 spiro atoms. The molecule has 3 rings (SSSR count). The fraction of sp³-hybridized carbons (Fsp3) is 0.125. The van der Waals surface area contributed by atoms with Crippen molar-refractivity contribution in [3.63, 3.8) is 0 Å². The summed E-state index contributed by atoms with van der Waals surface area (Å²) in [5.41, 5.74) is 3.24. The van der Waals surface area contributed by atoms with Gasteiger partial charge in [-0.2, -0.15) is 0 Å². The van der Waals surface area contributed by atoms with Crippen LogP contribution in [0, 0.1) is 12.7 Å². The largest absolute Gasteiger partial charge is 0.325 e. The average molecular weight is 299 g/mol. The van der Waals surface area contributed by atoms with Crippen LogP contribution in [0.2, 0.25) is 0 Å². The number of rotatable bonds is 3. The zero-order valence-electron chi connectivity index (χ0n) is 11.9. The lowest BCUT2D eigenvalue weighted by Crippen LogP contribution is -2.15. The van der Waals surface area contributed by atoms with Crippen LogP contribution in [0.1, 0.15) is 11.1 Å². The van der Waals surface area contributed by atoms with Crippen molar-refractivity contribution in [1.82, 2.24) is 9.97 Å². The van der Waals surface area contributed by atoms with E-state index in [9.17, 15) is 14.0 Å². The van der Waals surface area contributed by atoms with Crippen LogP contribution in [0.3, 0.4) is 0 Å². The van der Waals surface area contributed by atoms with Gasteiger partial charge in [-0.05, 0) is 42.3 Å². The molecule has 0 bridgehead atoms. The first kappa shape index (κ1) is 14.1. The van der Waals surface area contributed by atoms with Gasteiger partial charge in [0.25, 0.3) is 0 Å². The zero-order valence-corrected chi connectivity index (χ0v) is 11.9. The normalized spacial score (nSPS) is 10.8. The van der Waals surface area contributed by atoms with E-state index in [-0.39, 0.29) is 23.8 Å². The van der Waals surface area contributed by atoms with E-state index >= 15 is 0 Å². The van der Waals surface area contributed by atoms with Gasteiger partial charge in [0.05, 0.1) is 17.5 Å². The summed E-state index contributed by atoms with van der Waals surface area (Å²) < 4.78 is 12.8. The number of nitrogens with one attached hydrogen (secondary N) is 3. The van der Waals surface area contributed by atoms with Crippen LogP contribution in [-0.4, -0.2) is 15.9 Å². The van der Waals surface area contributed by atoms with Crippen molar-refractivity contribution >= 4 is 22.6 Å². The molecule has 0 aliphatic rings. The van der Waals surface area contributed by atoms with Gasteiger partial charge in [0.2, 0.25) is 5.91 Å². The Kier molecular flexibility index (Phi) is 3.50. The van der Waals surface area contributed by atoms with Crippen molar-refractivity contribution in [1.29, 1.82) is 0 Å². The lowest BCUT2D eigenvalue weighted by Gasteiger charge is -2.08. The molecule has 0 atom stereocenters. The van der Waals surface area contributed by atoms with E-state index in [1.165, 1.54) is 12.1 Å². The number of aromatic nitrogens is 2. The molecule has 0 radical (unpaired) electrons. The molecule has 22 heavy (non-hydrogen) atoms. The van der Waals surface area contributed by atoms with Gasteiger partial charge in [-0.1, -0.05) is 12.1 Å². The highest BCUT2D eigenvalue weighted by Crippen LogP contribution is 2.20. The second kappa shape index (κ2) is 5.48. The third kappa shape index (κ3) is 2.90. The minimum Gasteiger partial charge on any atom is -0.325 e. The maximum Gasteiger partial charge on any atom is 0.323 e. The lowest BCUT2D eigenvalue weighted by atomic mass is 10.1. The predicted octanol–water partition coefficient (Wildman–Crippen LogP) is 2.48. The zero-order chi connectivity index (χ0) is 15.7. The summed E-state index contributed by atoms with van der Waals surface area (Å²) in [6.45, 7) is 1.85. The molecule has 5 nitrogen and oxygen atoms in total. The number of aryl methyl sites for hydroxylation is 1. The minimum atomic E-state index is -0.332. The SMILES string of the molecule is Cc1cc2[nH]c(=O)[nH]c2cc1NC(=O)Cc1ccc(F)cc1. The van der Waals surface area contributed by atoms with Gasteiger partial charge in [0.15, 0.2) is 0 Å². The Morgan fingerprint density at radius 1 is 1.14 bits per heavy atom. The summed E-state index contributed by atoms with van der Waals surface area (Å²) in [5.74, 6) is -0.534. The monoisotopic (exact) mass is 299 g/mol. The molecule has 0 unspecified atom stereocenters. The van der Waals surface area contributed by atoms with Gasteiger partial charge in [-0.15, -0.1) is 0 Å². The molecule has 3 N–H and O–H groups in total. The van der Waals surface area contributed by atoms with Crippen molar-refractivity contribution in [2.24, 2.45) is 0 Å². The number of imidazole rings is 1. The van der Waals surface area contributed by atoms with Crippen molar-refractivity contribution in [2.45, 2.75) is 13.3 Å². The molecular formula is C16H14FN3O2. The molecule has 0 aliphatic heterocycles. The fourth-order valence-electron chi connectivity index (χ4n) is 2.31. The molecule has 1 aromatic heterocycles. The second-order valence-electron chi connectivity index (χ2n) is 5.14. The predicted molar refractivity (Wildman–Crippen MR) is 82.4 cm³/mol. The lowest BCUT2D eigenvalue weighted by molar-refractivity contribution is -0.115. The molecule has 0 aliphatic carbocycles. The minimum absolute atomic E-state index is 0.154. The van der Waals surface area contributed by atoms with Gasteiger partial charge < -0.3 is 15.3 Å². The van der Waals surface area contributed by atoms with E-state index in [0.717, 1.165) is 11.1 Å². The van der Waals surface area contributed by atoms with Crippen molar-refractivity contribution in [2.75, 3.05) is 5.32 Å². The van der Waals surface area contributed by atoms with Crippen LogP contribution in [0.5, 0.6) is 0 Å². The smallest absolute Gasteiger partial charge is 0.323 e. The number of hydrogen-bond acceptors (Lipinski definition) is 2. The highest BCUT2D eigenvalue weighted by atomic mass is 19.1. The summed E-state index contributed by atoms with van der Waals surface area (Å²) >= 11 is 0. The molecule has 1 amide bonds. The van der Waals surface area contributed by atoms with E-state index < -0.39 is 0 Å². The van der Waals surface area contributed by atoms with E-state index in [0.29, 0.717) is 16.7 Å². The highest BCUT2D eigenvalue weighted by Gasteiger charge is 2.09. The third-order valence-electron chi connectivity index (χ3n) is 3.41. The first-order chi connectivity index (χ1) is 10.5. The van der Waals surface area contributed by atoms with Crippen molar-refractivity contribution < 1.29 is 9.18 Å². The number of benzene rings is 2. The molecule has 2 aromatic carbocycles. The number of amides is 1. The molecular weight excluding hydrogens is 285 g/mol. The molecule has 3 aromatic rings. The molecule has 0 saturated heterocycles. The number of hydrogen-bond donors (Lipinski definition) is 3. The number of halogens is 1. The van der Waals surface area contributed by atoms with E-state index in [4.69, 9.17) is 0 Å². The van der Waals surface area contributed by atoms with E-state index in [1.54, 1.807) is 24.3 Å². The number of anilines is 1. The average Bonchev–Trinajstić information content (AvgIpc) is 2.81. The molecule has 0 fully saturated rings. The van der Waals surface area contributed by atoms with E-state index in [2.05, 4.69) is 15.3 Å². The van der Waals surface area contributed by atoms with Gasteiger partial charge in [0.1, 0.15) is 5.82 Å². The number of carbonyl (C=O) groups excluding carboxylic acids is 1. The summed E-state index contributed by atoms with van der Waals surface area (Å²) in [4.78, 5) is 28.7. The van der Waals surface area contributed by atoms with Gasteiger partial charge in [0, 0.05) is 5.69 Å². The quantitative estimate of drug-likeness (QED) is 0.695. The van der Waals surface area contributed by atoms with Crippen LogP contribution in [-0.2, 0) is 11.2 Å². The number of carbonyl (C=O) groups is 1. The van der Waals surface area contributed by atoms with Gasteiger partial charge in [-0.25, -0.2) is 9.18 Å². The van der Waals surface area contributed by atoms with Crippen LogP contribution in [0.15, 0.2) is 41.2 Å². The highest BCUT2D eigenvalue weighted by molar-refractivity contribution is 5.95. The topological polar surface area (TPSA) is 77.8 Å². The maximum atomic E-state index is 12.8. The second-order valence-corrected chi connectivity index (χ2v) is 5.14. The maximum absolute atomic E-state index is 12.8. The van der Waals surface area contributed by atoms with Crippen LogP contribution < -0.4 is 11.0 Å². The summed E-state index contributed by atoms with van der Waals surface area (Å²) in [5, 5.41) is 2.81. The third-order valence-corrected chi connectivity index (χ3v) is 3.41. The standard InChI is InChI=1S/C16H14FN3O2/c1-9-6-13-14(20-16(22)19-13)8-12(9)18-15(21)7-10-2-4-11(17)5-3-10/h2-6,8H,7H2,1H3,(H,18,21)(H2,19,20,22). The Bertz CT molecular complexity index is 894. The summed E-state index contributed by atoms with van der Waals surface area (Å²) in [6, 6.07) is 9.31. The first-order valence-electron chi connectivity index (χ1n) is 6.78. The molecule has 0 saturated carbocycles.